The van der Waals surface area contributed by atoms with Gasteiger partial charge in [-0.15, -0.1) is 0 Å². The third kappa shape index (κ3) is 3.60. The number of halogens is 1. The van der Waals surface area contributed by atoms with E-state index in [0.717, 1.165) is 18.4 Å². The molecule has 1 rings (SSSR count). The number of benzene rings is 1. The molecule has 0 amide bonds. The molecule has 0 saturated heterocycles. The van der Waals surface area contributed by atoms with E-state index in [4.69, 9.17) is 0 Å². The molecule has 2 heteroatoms. The van der Waals surface area contributed by atoms with Crippen molar-refractivity contribution >= 4 is 15.9 Å². The van der Waals surface area contributed by atoms with E-state index in [1.807, 2.05) is 0 Å². The van der Waals surface area contributed by atoms with Crippen LogP contribution in [-0.2, 0) is 6.54 Å². The van der Waals surface area contributed by atoms with E-state index < -0.39 is 0 Å². The largest absolute Gasteiger partial charge is 0.296 e. The molecule has 1 nitrogen and oxygen atoms in total. The van der Waals surface area contributed by atoms with Crippen LogP contribution in [0.1, 0.15) is 30.5 Å². The van der Waals surface area contributed by atoms with Crippen LogP contribution in [0, 0.1) is 13.8 Å². The van der Waals surface area contributed by atoms with Gasteiger partial charge in [-0.3, -0.25) is 4.90 Å². The molecule has 90 valence electrons. The van der Waals surface area contributed by atoms with Crippen molar-refractivity contribution in [3.05, 3.63) is 34.9 Å². The summed E-state index contributed by atoms with van der Waals surface area (Å²) < 4.78 is 0. The summed E-state index contributed by atoms with van der Waals surface area (Å²) in [6.45, 7) is 11.1. The minimum absolute atomic E-state index is 0.594. The van der Waals surface area contributed by atoms with Gasteiger partial charge in [0, 0.05) is 24.5 Å². The average molecular weight is 284 g/mol. The van der Waals surface area contributed by atoms with E-state index in [-0.39, 0.29) is 0 Å². The summed E-state index contributed by atoms with van der Waals surface area (Å²) in [6, 6.07) is 7.14. The molecule has 16 heavy (non-hydrogen) atoms. The number of rotatable bonds is 5. The summed E-state index contributed by atoms with van der Waals surface area (Å²) in [5, 5.41) is 1.04. The Kier molecular flexibility index (Phi) is 5.50. The topological polar surface area (TPSA) is 3.24 Å². The Morgan fingerprint density at radius 2 is 1.75 bits per heavy atom. The van der Waals surface area contributed by atoms with Gasteiger partial charge in [-0.25, -0.2) is 0 Å². The van der Waals surface area contributed by atoms with Crippen LogP contribution < -0.4 is 0 Å². The number of aryl methyl sites for hydroxylation is 2. The molecule has 0 bridgehead atoms. The molecule has 0 aliphatic carbocycles. The van der Waals surface area contributed by atoms with E-state index in [0.29, 0.717) is 6.04 Å². The zero-order chi connectivity index (χ0) is 12.1. The lowest BCUT2D eigenvalue weighted by molar-refractivity contribution is 0.226. The Morgan fingerprint density at radius 3 is 2.19 bits per heavy atom. The van der Waals surface area contributed by atoms with Gasteiger partial charge < -0.3 is 0 Å². The van der Waals surface area contributed by atoms with Crippen molar-refractivity contribution in [2.45, 2.75) is 40.3 Å². The fourth-order valence-corrected chi connectivity index (χ4v) is 2.39. The van der Waals surface area contributed by atoms with Crippen LogP contribution in [0.3, 0.4) is 0 Å². The third-order valence-electron chi connectivity index (χ3n) is 3.11. The van der Waals surface area contributed by atoms with E-state index >= 15 is 0 Å². The molecule has 0 aliphatic rings. The summed E-state index contributed by atoms with van der Waals surface area (Å²) in [5.74, 6) is 0. The maximum absolute atomic E-state index is 3.53. The van der Waals surface area contributed by atoms with E-state index in [1.54, 1.807) is 0 Å². The molecule has 0 radical (unpaired) electrons. The molecule has 0 saturated carbocycles. The Morgan fingerprint density at radius 1 is 1.19 bits per heavy atom. The van der Waals surface area contributed by atoms with Crippen LogP contribution >= 0.6 is 15.9 Å². The number of nitrogens with zero attached hydrogens (tertiary/aromatic N) is 1. The first kappa shape index (κ1) is 13.7. The van der Waals surface area contributed by atoms with Gasteiger partial charge >= 0.3 is 0 Å². The van der Waals surface area contributed by atoms with E-state index in [1.165, 1.54) is 16.7 Å². The number of hydrogen-bond acceptors (Lipinski definition) is 1. The van der Waals surface area contributed by atoms with Crippen LogP contribution in [0.25, 0.3) is 0 Å². The zero-order valence-electron chi connectivity index (χ0n) is 10.8. The van der Waals surface area contributed by atoms with Crippen molar-refractivity contribution in [1.82, 2.24) is 4.90 Å². The first-order valence-electron chi connectivity index (χ1n) is 5.91. The van der Waals surface area contributed by atoms with Crippen molar-refractivity contribution in [3.63, 3.8) is 0 Å². The van der Waals surface area contributed by atoms with Crippen LogP contribution in [0.15, 0.2) is 18.2 Å². The van der Waals surface area contributed by atoms with Crippen LogP contribution in [-0.4, -0.2) is 22.8 Å². The van der Waals surface area contributed by atoms with Gasteiger partial charge in [-0.05, 0) is 44.4 Å². The highest BCUT2D eigenvalue weighted by atomic mass is 79.9. The quantitative estimate of drug-likeness (QED) is 0.741. The number of hydrogen-bond donors (Lipinski definition) is 0. The molecule has 1 aromatic rings. The van der Waals surface area contributed by atoms with Gasteiger partial charge in [-0.1, -0.05) is 34.1 Å². The monoisotopic (exact) mass is 283 g/mol. The summed E-state index contributed by atoms with van der Waals surface area (Å²) in [6.07, 6.45) is 0. The molecule has 0 heterocycles. The second-order valence-electron chi connectivity index (χ2n) is 4.62. The van der Waals surface area contributed by atoms with Crippen molar-refractivity contribution in [2.24, 2.45) is 0 Å². The summed E-state index contributed by atoms with van der Waals surface area (Å²) >= 11 is 3.53. The van der Waals surface area contributed by atoms with Crippen molar-refractivity contribution in [3.8, 4) is 0 Å². The van der Waals surface area contributed by atoms with Crippen molar-refractivity contribution < 1.29 is 0 Å². The Balaban J connectivity index is 2.84. The minimum Gasteiger partial charge on any atom is -0.296 e. The van der Waals surface area contributed by atoms with Crippen LogP contribution in [0.5, 0.6) is 0 Å². The molecule has 0 aromatic heterocycles. The molecular formula is C14H22BrN. The summed E-state index contributed by atoms with van der Waals surface area (Å²) in [5.41, 5.74) is 4.29. The lowest BCUT2D eigenvalue weighted by Gasteiger charge is -2.27. The van der Waals surface area contributed by atoms with Crippen LogP contribution in [0.4, 0.5) is 0 Å². The number of alkyl halides is 1. The summed E-state index contributed by atoms with van der Waals surface area (Å²) in [7, 11) is 0. The normalized spacial score (nSPS) is 11.4. The molecule has 0 atom stereocenters. The van der Waals surface area contributed by atoms with Gasteiger partial charge in [0.2, 0.25) is 0 Å². The third-order valence-corrected chi connectivity index (χ3v) is 3.46. The SMILES string of the molecule is Cc1cccc(C)c1CN(CCBr)C(C)C. The van der Waals surface area contributed by atoms with Crippen LogP contribution in [0.2, 0.25) is 0 Å². The highest BCUT2D eigenvalue weighted by Gasteiger charge is 2.11. The standard InChI is InChI=1S/C14H22BrN/c1-11(2)16(9-8-15)10-14-12(3)6-5-7-13(14)4/h5-7,11H,8-10H2,1-4H3. The predicted octanol–water partition coefficient (Wildman–Crippen LogP) is 3.91. The van der Waals surface area contributed by atoms with Gasteiger partial charge in [0.1, 0.15) is 0 Å². The summed E-state index contributed by atoms with van der Waals surface area (Å²) in [4.78, 5) is 2.50. The molecule has 1 aromatic carbocycles. The zero-order valence-corrected chi connectivity index (χ0v) is 12.3. The Hall–Kier alpha value is -0.340. The fourth-order valence-electron chi connectivity index (χ4n) is 1.93. The minimum atomic E-state index is 0.594. The molecule has 0 fully saturated rings. The average Bonchev–Trinajstić information content (AvgIpc) is 2.21. The first-order valence-corrected chi connectivity index (χ1v) is 7.03. The van der Waals surface area contributed by atoms with Gasteiger partial charge in [-0.2, -0.15) is 0 Å². The van der Waals surface area contributed by atoms with E-state index in [2.05, 4.69) is 66.7 Å². The van der Waals surface area contributed by atoms with Crippen molar-refractivity contribution in [1.29, 1.82) is 0 Å². The predicted molar refractivity (Wildman–Crippen MR) is 75.3 cm³/mol. The Labute approximate surface area is 108 Å². The molecule has 0 spiro atoms. The molecule has 0 N–H and O–H groups in total. The first-order chi connectivity index (χ1) is 7.56. The van der Waals surface area contributed by atoms with Gasteiger partial charge in [0.05, 0.1) is 0 Å². The smallest absolute Gasteiger partial charge is 0.0242 e. The molecule has 0 unspecified atom stereocenters. The van der Waals surface area contributed by atoms with Gasteiger partial charge in [0.25, 0.3) is 0 Å². The fraction of sp³-hybridized carbons (Fsp3) is 0.571. The van der Waals surface area contributed by atoms with E-state index in [9.17, 15) is 0 Å². The molecular weight excluding hydrogens is 262 g/mol. The lowest BCUT2D eigenvalue weighted by Crippen LogP contribution is -2.32. The highest BCUT2D eigenvalue weighted by Crippen LogP contribution is 2.17. The maximum atomic E-state index is 3.53. The second-order valence-corrected chi connectivity index (χ2v) is 5.42. The Bertz CT molecular complexity index is 313. The second kappa shape index (κ2) is 6.41. The highest BCUT2D eigenvalue weighted by molar-refractivity contribution is 9.09. The molecule has 0 aliphatic heterocycles. The maximum Gasteiger partial charge on any atom is 0.0242 e. The van der Waals surface area contributed by atoms with Crippen molar-refractivity contribution in [2.75, 3.05) is 11.9 Å². The lowest BCUT2D eigenvalue weighted by atomic mass is 10.0. The van der Waals surface area contributed by atoms with Gasteiger partial charge in [0.15, 0.2) is 0 Å².